The van der Waals surface area contributed by atoms with E-state index < -0.39 is 0 Å². The summed E-state index contributed by atoms with van der Waals surface area (Å²) in [5.74, 6) is 0.936. The van der Waals surface area contributed by atoms with Crippen LogP contribution in [-0.4, -0.2) is 20.0 Å². The molecule has 0 aliphatic rings. The highest BCUT2D eigenvalue weighted by Gasteiger charge is 2.16. The van der Waals surface area contributed by atoms with Crippen molar-refractivity contribution >= 4 is 10.9 Å². The molecule has 0 atom stereocenters. The van der Waals surface area contributed by atoms with Gasteiger partial charge in [0.05, 0.1) is 5.52 Å². The minimum atomic E-state index is 0.436. The van der Waals surface area contributed by atoms with Crippen LogP contribution in [0.25, 0.3) is 33.9 Å². The van der Waals surface area contributed by atoms with Crippen LogP contribution in [0.3, 0.4) is 0 Å². The summed E-state index contributed by atoms with van der Waals surface area (Å²) in [6.45, 7) is 0. The molecule has 4 aromatic rings. The van der Waals surface area contributed by atoms with E-state index in [1.165, 1.54) is 0 Å². The number of benzene rings is 2. The van der Waals surface area contributed by atoms with Gasteiger partial charge in [-0.15, -0.1) is 10.2 Å². The van der Waals surface area contributed by atoms with E-state index in [2.05, 4.69) is 15.3 Å². The van der Waals surface area contributed by atoms with Crippen LogP contribution in [-0.2, 0) is 7.05 Å². The summed E-state index contributed by atoms with van der Waals surface area (Å²) in [4.78, 5) is 0. The molecule has 0 unspecified atom stereocenters. The van der Waals surface area contributed by atoms with Crippen LogP contribution in [0.15, 0.2) is 59.0 Å². The molecule has 5 nitrogen and oxygen atoms in total. The SMILES string of the molecule is Cn1nc(-c2nnc(-c3ccccc3)o2)c2ccccc21. The Bertz CT molecular complexity index is 908. The van der Waals surface area contributed by atoms with E-state index in [-0.39, 0.29) is 0 Å². The smallest absolute Gasteiger partial charge is 0.269 e. The van der Waals surface area contributed by atoms with Gasteiger partial charge in [0.15, 0.2) is 5.69 Å². The van der Waals surface area contributed by atoms with Crippen LogP contribution < -0.4 is 0 Å². The normalized spacial score (nSPS) is 11.1. The summed E-state index contributed by atoms with van der Waals surface area (Å²) in [5, 5.41) is 13.7. The Morgan fingerprint density at radius 1 is 0.857 bits per heavy atom. The maximum atomic E-state index is 5.78. The molecular formula is C16H12N4O. The van der Waals surface area contributed by atoms with Gasteiger partial charge in [-0.25, -0.2) is 0 Å². The first-order valence-electron chi connectivity index (χ1n) is 6.64. The van der Waals surface area contributed by atoms with Crippen molar-refractivity contribution < 1.29 is 4.42 Å². The second kappa shape index (κ2) is 4.56. The molecule has 4 rings (SSSR count). The minimum Gasteiger partial charge on any atom is -0.415 e. The highest BCUT2D eigenvalue weighted by Crippen LogP contribution is 2.28. The molecule has 0 amide bonds. The average Bonchev–Trinajstić information content (AvgIpc) is 3.14. The summed E-state index contributed by atoms with van der Waals surface area (Å²) in [7, 11) is 1.90. The molecule has 2 aromatic heterocycles. The van der Waals surface area contributed by atoms with Gasteiger partial charge in [-0.1, -0.05) is 36.4 Å². The Balaban J connectivity index is 1.85. The first kappa shape index (κ1) is 11.8. The number of aryl methyl sites for hydroxylation is 1. The molecule has 0 bridgehead atoms. The van der Waals surface area contributed by atoms with Crippen molar-refractivity contribution in [3.63, 3.8) is 0 Å². The van der Waals surface area contributed by atoms with Crippen molar-refractivity contribution in [2.75, 3.05) is 0 Å². The molecule has 0 spiro atoms. The molecule has 0 aliphatic heterocycles. The lowest BCUT2D eigenvalue weighted by Gasteiger charge is -1.92. The molecule has 0 saturated heterocycles. The number of hydrogen-bond donors (Lipinski definition) is 0. The molecule has 102 valence electrons. The van der Waals surface area contributed by atoms with Crippen molar-refractivity contribution in [3.05, 3.63) is 54.6 Å². The number of rotatable bonds is 2. The number of para-hydroxylation sites is 1. The van der Waals surface area contributed by atoms with Crippen molar-refractivity contribution in [2.24, 2.45) is 7.05 Å². The fourth-order valence-electron chi connectivity index (χ4n) is 2.39. The molecule has 2 heterocycles. The molecule has 2 aromatic carbocycles. The van der Waals surface area contributed by atoms with E-state index in [1.807, 2.05) is 66.3 Å². The van der Waals surface area contributed by atoms with E-state index in [9.17, 15) is 0 Å². The van der Waals surface area contributed by atoms with Crippen molar-refractivity contribution in [3.8, 4) is 23.0 Å². The third kappa shape index (κ3) is 1.90. The lowest BCUT2D eigenvalue weighted by molar-refractivity contribution is 0.580. The van der Waals surface area contributed by atoms with Gasteiger partial charge in [-0.2, -0.15) is 5.10 Å². The first-order chi connectivity index (χ1) is 10.3. The lowest BCUT2D eigenvalue weighted by atomic mass is 10.2. The van der Waals surface area contributed by atoms with E-state index in [1.54, 1.807) is 0 Å². The Morgan fingerprint density at radius 2 is 1.57 bits per heavy atom. The average molecular weight is 276 g/mol. The van der Waals surface area contributed by atoms with Gasteiger partial charge in [0.1, 0.15) is 0 Å². The van der Waals surface area contributed by atoms with Gasteiger partial charge in [0, 0.05) is 18.0 Å². The summed E-state index contributed by atoms with van der Waals surface area (Å²) >= 11 is 0. The van der Waals surface area contributed by atoms with Crippen molar-refractivity contribution in [2.45, 2.75) is 0 Å². The second-order valence-corrected chi connectivity index (χ2v) is 4.77. The number of fused-ring (bicyclic) bond motifs is 1. The second-order valence-electron chi connectivity index (χ2n) is 4.77. The van der Waals surface area contributed by atoms with Gasteiger partial charge in [0.25, 0.3) is 5.89 Å². The largest absolute Gasteiger partial charge is 0.415 e. The Kier molecular flexibility index (Phi) is 2.57. The summed E-state index contributed by atoms with van der Waals surface area (Å²) < 4.78 is 7.60. The van der Waals surface area contributed by atoms with Gasteiger partial charge in [-0.05, 0) is 18.2 Å². The Labute approximate surface area is 120 Å². The van der Waals surface area contributed by atoms with Crippen molar-refractivity contribution in [1.82, 2.24) is 20.0 Å². The molecule has 0 fully saturated rings. The first-order valence-corrected chi connectivity index (χ1v) is 6.64. The zero-order chi connectivity index (χ0) is 14.2. The van der Waals surface area contributed by atoms with Crippen LogP contribution in [0.5, 0.6) is 0 Å². The Hall–Kier alpha value is -2.95. The fourth-order valence-corrected chi connectivity index (χ4v) is 2.39. The minimum absolute atomic E-state index is 0.436. The maximum Gasteiger partial charge on any atom is 0.269 e. The van der Waals surface area contributed by atoms with Crippen LogP contribution in [0.1, 0.15) is 0 Å². The zero-order valence-electron chi connectivity index (χ0n) is 11.4. The summed E-state index contributed by atoms with van der Waals surface area (Å²) in [6, 6.07) is 17.7. The molecule has 0 radical (unpaired) electrons. The lowest BCUT2D eigenvalue weighted by Crippen LogP contribution is -1.89. The predicted octanol–water partition coefficient (Wildman–Crippen LogP) is 3.29. The molecular weight excluding hydrogens is 264 g/mol. The van der Waals surface area contributed by atoms with Crippen molar-refractivity contribution in [1.29, 1.82) is 0 Å². The maximum absolute atomic E-state index is 5.78. The quantitative estimate of drug-likeness (QED) is 0.563. The Morgan fingerprint density at radius 3 is 2.43 bits per heavy atom. The van der Waals surface area contributed by atoms with Crippen LogP contribution >= 0.6 is 0 Å². The molecule has 0 saturated carbocycles. The van der Waals surface area contributed by atoms with Crippen LogP contribution in [0.4, 0.5) is 0 Å². The van der Waals surface area contributed by atoms with E-state index in [0.717, 1.165) is 16.5 Å². The van der Waals surface area contributed by atoms with Gasteiger partial charge in [0.2, 0.25) is 5.89 Å². The highest BCUT2D eigenvalue weighted by molar-refractivity contribution is 5.91. The van der Waals surface area contributed by atoms with E-state index >= 15 is 0 Å². The fraction of sp³-hybridized carbons (Fsp3) is 0.0625. The third-order valence-electron chi connectivity index (χ3n) is 3.41. The van der Waals surface area contributed by atoms with E-state index in [0.29, 0.717) is 17.5 Å². The standard InChI is InChI=1S/C16H12N4O/c1-20-13-10-6-5-9-12(13)14(19-20)16-18-17-15(21-16)11-7-3-2-4-8-11/h2-10H,1H3. The molecule has 21 heavy (non-hydrogen) atoms. The molecule has 0 aliphatic carbocycles. The zero-order valence-corrected chi connectivity index (χ0v) is 11.4. The van der Waals surface area contributed by atoms with Crippen LogP contribution in [0, 0.1) is 0 Å². The molecule has 5 heteroatoms. The topological polar surface area (TPSA) is 56.7 Å². The van der Waals surface area contributed by atoms with E-state index in [4.69, 9.17) is 4.42 Å². The van der Waals surface area contributed by atoms with Gasteiger partial charge < -0.3 is 4.42 Å². The van der Waals surface area contributed by atoms with Gasteiger partial charge >= 0.3 is 0 Å². The van der Waals surface area contributed by atoms with Crippen LogP contribution in [0.2, 0.25) is 0 Å². The monoisotopic (exact) mass is 276 g/mol. The highest BCUT2D eigenvalue weighted by atomic mass is 16.4. The predicted molar refractivity (Wildman–Crippen MR) is 79.4 cm³/mol. The van der Waals surface area contributed by atoms with Gasteiger partial charge in [-0.3, -0.25) is 4.68 Å². The molecule has 0 N–H and O–H groups in total. The number of nitrogens with zero attached hydrogens (tertiary/aromatic N) is 4. The number of hydrogen-bond acceptors (Lipinski definition) is 4. The summed E-state index contributed by atoms with van der Waals surface area (Å²) in [5.41, 5.74) is 2.64. The summed E-state index contributed by atoms with van der Waals surface area (Å²) in [6.07, 6.45) is 0. The number of aromatic nitrogens is 4. The third-order valence-corrected chi connectivity index (χ3v) is 3.41.